The first kappa shape index (κ1) is 12.1. The van der Waals surface area contributed by atoms with Gasteiger partial charge in [-0.3, -0.25) is 0 Å². The maximum absolute atomic E-state index is 5.76. The molecule has 0 aromatic heterocycles. The van der Waals surface area contributed by atoms with Crippen LogP contribution in [0.2, 0.25) is 0 Å². The maximum Gasteiger partial charge on any atom is 0.119 e. The molecule has 0 aliphatic carbocycles. The Morgan fingerprint density at radius 1 is 0.882 bits per heavy atom. The fraction of sp³-hybridized carbons (Fsp3) is 0.200. The van der Waals surface area contributed by atoms with E-state index >= 15 is 0 Å². The fourth-order valence-electron chi connectivity index (χ4n) is 1.69. The summed E-state index contributed by atoms with van der Waals surface area (Å²) in [6.45, 7) is 0.664. The summed E-state index contributed by atoms with van der Waals surface area (Å²) in [5.74, 6) is 2.03. The van der Waals surface area contributed by atoms with Crippen molar-refractivity contribution in [3.8, 4) is 5.75 Å². The van der Waals surface area contributed by atoms with Gasteiger partial charge in [0.05, 0.1) is 6.61 Å². The molecule has 0 amide bonds. The first-order valence-corrected chi connectivity index (χ1v) is 6.37. The molecule has 0 aliphatic heterocycles. The number of hydrogen-bond donors (Lipinski definition) is 1. The minimum absolute atomic E-state index is 0.333. The van der Waals surface area contributed by atoms with E-state index in [0.29, 0.717) is 12.5 Å². The van der Waals surface area contributed by atoms with Crippen LogP contribution in [0.4, 0.5) is 0 Å². The molecule has 2 heteroatoms. The smallest absolute Gasteiger partial charge is 0.119 e. The van der Waals surface area contributed by atoms with Crippen molar-refractivity contribution in [1.29, 1.82) is 0 Å². The molecular formula is C15H16OS. The summed E-state index contributed by atoms with van der Waals surface area (Å²) in [7, 11) is 0. The Morgan fingerprint density at radius 2 is 1.47 bits per heavy atom. The van der Waals surface area contributed by atoms with Gasteiger partial charge in [0.15, 0.2) is 0 Å². The molecule has 0 aliphatic rings. The van der Waals surface area contributed by atoms with E-state index in [2.05, 4.69) is 24.8 Å². The van der Waals surface area contributed by atoms with Crippen molar-refractivity contribution in [3.05, 3.63) is 66.2 Å². The van der Waals surface area contributed by atoms with E-state index < -0.39 is 0 Å². The molecule has 0 fully saturated rings. The molecule has 0 saturated heterocycles. The number of rotatable bonds is 5. The van der Waals surface area contributed by atoms with E-state index in [9.17, 15) is 0 Å². The highest BCUT2D eigenvalue weighted by Gasteiger charge is 2.09. The van der Waals surface area contributed by atoms with E-state index in [1.165, 1.54) is 5.56 Å². The normalized spacial score (nSPS) is 12.1. The molecule has 0 bridgehead atoms. The number of hydrogen-bond acceptors (Lipinski definition) is 2. The number of para-hydroxylation sites is 1. The third-order valence-electron chi connectivity index (χ3n) is 2.69. The number of ether oxygens (including phenoxy) is 1. The number of benzene rings is 2. The highest BCUT2D eigenvalue weighted by atomic mass is 32.1. The molecule has 2 aromatic rings. The molecule has 1 atom stereocenters. The van der Waals surface area contributed by atoms with Crippen LogP contribution >= 0.6 is 12.6 Å². The second kappa shape index (κ2) is 6.36. The molecule has 1 nitrogen and oxygen atoms in total. The Labute approximate surface area is 108 Å². The van der Waals surface area contributed by atoms with Crippen LogP contribution in [-0.2, 0) is 0 Å². The van der Waals surface area contributed by atoms with Crippen LogP contribution in [-0.4, -0.2) is 12.4 Å². The van der Waals surface area contributed by atoms with Gasteiger partial charge in [0.1, 0.15) is 5.75 Å². The first-order valence-electron chi connectivity index (χ1n) is 5.74. The van der Waals surface area contributed by atoms with Crippen LogP contribution in [0.5, 0.6) is 5.75 Å². The van der Waals surface area contributed by atoms with Crippen LogP contribution in [0.3, 0.4) is 0 Å². The highest BCUT2D eigenvalue weighted by Crippen LogP contribution is 2.19. The van der Waals surface area contributed by atoms with Gasteiger partial charge in [-0.15, -0.1) is 0 Å². The van der Waals surface area contributed by atoms with Crippen molar-refractivity contribution in [2.75, 3.05) is 12.4 Å². The van der Waals surface area contributed by atoms with Gasteiger partial charge in [-0.25, -0.2) is 0 Å². The summed E-state index contributed by atoms with van der Waals surface area (Å²) in [6.07, 6.45) is 0. The molecule has 2 aromatic carbocycles. The van der Waals surface area contributed by atoms with E-state index in [-0.39, 0.29) is 0 Å². The van der Waals surface area contributed by atoms with Crippen molar-refractivity contribution in [2.45, 2.75) is 5.92 Å². The zero-order chi connectivity index (χ0) is 11.9. The summed E-state index contributed by atoms with van der Waals surface area (Å²) in [5.41, 5.74) is 1.28. The van der Waals surface area contributed by atoms with Crippen LogP contribution in [0.1, 0.15) is 11.5 Å². The third-order valence-corrected chi connectivity index (χ3v) is 3.13. The van der Waals surface area contributed by atoms with Crippen molar-refractivity contribution < 1.29 is 4.74 Å². The van der Waals surface area contributed by atoms with Gasteiger partial charge in [-0.1, -0.05) is 48.5 Å². The van der Waals surface area contributed by atoms with E-state index in [0.717, 1.165) is 11.5 Å². The zero-order valence-electron chi connectivity index (χ0n) is 9.62. The Kier molecular flexibility index (Phi) is 4.51. The van der Waals surface area contributed by atoms with Crippen LogP contribution in [0.15, 0.2) is 60.7 Å². The summed E-state index contributed by atoms with van der Waals surface area (Å²) in [6, 6.07) is 20.3. The molecule has 2 rings (SSSR count). The second-order valence-corrected chi connectivity index (χ2v) is 4.28. The standard InChI is InChI=1S/C15H16OS/c17-12-14(13-7-3-1-4-8-13)11-16-15-9-5-2-6-10-15/h1-10,14,17H,11-12H2. The zero-order valence-corrected chi connectivity index (χ0v) is 10.5. The van der Waals surface area contributed by atoms with E-state index in [1.807, 2.05) is 48.5 Å². The summed E-state index contributed by atoms with van der Waals surface area (Å²) in [4.78, 5) is 0. The van der Waals surface area contributed by atoms with Gasteiger partial charge in [-0.05, 0) is 17.7 Å². The minimum atomic E-state index is 0.333. The summed E-state index contributed by atoms with van der Waals surface area (Å²) < 4.78 is 5.76. The first-order chi connectivity index (χ1) is 8.40. The predicted molar refractivity (Wildman–Crippen MR) is 75.0 cm³/mol. The van der Waals surface area contributed by atoms with Crippen molar-refractivity contribution >= 4 is 12.6 Å². The lowest BCUT2D eigenvalue weighted by molar-refractivity contribution is 0.298. The lowest BCUT2D eigenvalue weighted by atomic mass is 10.0. The van der Waals surface area contributed by atoms with Gasteiger partial charge < -0.3 is 4.74 Å². The molecule has 0 N–H and O–H groups in total. The van der Waals surface area contributed by atoms with Crippen LogP contribution < -0.4 is 4.74 Å². The minimum Gasteiger partial charge on any atom is -0.493 e. The highest BCUT2D eigenvalue weighted by molar-refractivity contribution is 7.80. The van der Waals surface area contributed by atoms with Gasteiger partial charge in [0, 0.05) is 11.7 Å². The third kappa shape index (κ3) is 3.53. The average molecular weight is 244 g/mol. The van der Waals surface area contributed by atoms with Crippen molar-refractivity contribution in [2.24, 2.45) is 0 Å². The van der Waals surface area contributed by atoms with Gasteiger partial charge in [0.2, 0.25) is 0 Å². The van der Waals surface area contributed by atoms with Crippen LogP contribution in [0, 0.1) is 0 Å². The Morgan fingerprint density at radius 3 is 2.06 bits per heavy atom. The second-order valence-electron chi connectivity index (χ2n) is 3.91. The largest absolute Gasteiger partial charge is 0.493 e. The number of thiol groups is 1. The fourth-order valence-corrected chi connectivity index (χ4v) is 2.01. The molecule has 88 valence electrons. The van der Waals surface area contributed by atoms with Gasteiger partial charge in [-0.2, -0.15) is 12.6 Å². The quantitative estimate of drug-likeness (QED) is 0.788. The molecule has 17 heavy (non-hydrogen) atoms. The Balaban J connectivity index is 1.97. The predicted octanol–water partition coefficient (Wildman–Crippen LogP) is 3.78. The van der Waals surface area contributed by atoms with Gasteiger partial charge >= 0.3 is 0 Å². The molecule has 0 radical (unpaired) electrons. The van der Waals surface area contributed by atoms with E-state index in [1.54, 1.807) is 0 Å². The molecule has 0 spiro atoms. The monoisotopic (exact) mass is 244 g/mol. The van der Waals surface area contributed by atoms with Crippen molar-refractivity contribution in [3.63, 3.8) is 0 Å². The Bertz CT molecular complexity index is 427. The molecular weight excluding hydrogens is 228 g/mol. The van der Waals surface area contributed by atoms with Crippen LogP contribution in [0.25, 0.3) is 0 Å². The molecule has 0 heterocycles. The van der Waals surface area contributed by atoms with Gasteiger partial charge in [0.25, 0.3) is 0 Å². The average Bonchev–Trinajstić information content (AvgIpc) is 2.42. The molecule has 1 unspecified atom stereocenters. The maximum atomic E-state index is 5.76. The SMILES string of the molecule is SCC(COc1ccccc1)c1ccccc1. The Hall–Kier alpha value is -1.41. The summed E-state index contributed by atoms with van der Waals surface area (Å²) in [5, 5.41) is 0. The lowest BCUT2D eigenvalue weighted by Gasteiger charge is -2.15. The summed E-state index contributed by atoms with van der Waals surface area (Å²) >= 11 is 4.39. The van der Waals surface area contributed by atoms with E-state index in [4.69, 9.17) is 4.74 Å². The topological polar surface area (TPSA) is 9.23 Å². The molecule has 0 saturated carbocycles. The lowest BCUT2D eigenvalue weighted by Crippen LogP contribution is -2.11. The van der Waals surface area contributed by atoms with Crippen molar-refractivity contribution in [1.82, 2.24) is 0 Å².